The van der Waals surface area contributed by atoms with E-state index in [1.807, 2.05) is 0 Å². The van der Waals surface area contributed by atoms with E-state index < -0.39 is 283 Å². The predicted octanol–water partition coefficient (Wildman–Crippen LogP) is -7.61. The molecule has 124 heavy (non-hydrogen) atoms. The molecule has 46 nitrogen and oxygen atoms in total. The van der Waals surface area contributed by atoms with Crippen LogP contribution in [-0.4, -0.2) is 206 Å². The van der Waals surface area contributed by atoms with Gasteiger partial charge in [-0.2, -0.15) is 47.1 Å². The van der Waals surface area contributed by atoms with Crippen molar-refractivity contribution in [2.24, 2.45) is 93.2 Å². The number of sulfonamides is 4. The molecule has 0 aliphatic carbocycles. The molecule has 8 unspecified atom stereocenters. The maximum atomic E-state index is 14.3. The van der Waals surface area contributed by atoms with Crippen LogP contribution in [0.15, 0.2) is 163 Å². The van der Waals surface area contributed by atoms with Gasteiger partial charge in [0.2, 0.25) is 123 Å². The summed E-state index contributed by atoms with van der Waals surface area (Å²) >= 11 is 0. The molecule has 8 atom stereocenters. The van der Waals surface area contributed by atoms with E-state index in [2.05, 4.69) is 61.8 Å². The van der Waals surface area contributed by atoms with Crippen molar-refractivity contribution < 1.29 is 157 Å². The van der Waals surface area contributed by atoms with Crippen LogP contribution in [0.5, 0.6) is 0 Å². The topological polar surface area (TPSA) is 758 Å². The van der Waals surface area contributed by atoms with Crippen molar-refractivity contribution in [3.05, 3.63) is 133 Å². The molecule has 0 bridgehead atoms. The van der Waals surface area contributed by atoms with Crippen molar-refractivity contribution >= 4 is 177 Å². The summed E-state index contributed by atoms with van der Waals surface area (Å²) in [5.74, 6) is -18.7. The first kappa shape index (κ1) is 95.6. The Morgan fingerprint density at radius 1 is 0.274 bits per heavy atom. The first-order chi connectivity index (χ1) is 57.2. The third-order valence-electron chi connectivity index (χ3n) is 20.4. The third-order valence-corrected chi connectivity index (χ3v) is 29.4. The number of nitrogens with zero attached hydrogens (tertiary/aromatic N) is 10. The van der Waals surface area contributed by atoms with Crippen LogP contribution >= 0.6 is 0 Å². The van der Waals surface area contributed by atoms with Crippen LogP contribution in [0.3, 0.4) is 0 Å². The molecule has 8 amide bonds. The zero-order valence-electron chi connectivity index (χ0n) is 65.3. The standard InChI is InChI=1S/C70H78N24O22S6.2Na/c71-57(95)35-17-36(58(72)96)28-91(27-35)117(103,104)49-9-1-5-43(21-49)79-65-85-66(80-44-6-2-10-50(22-44)118(105,106)92-29-37(59(73)97)18-38(30-92)60(74)98)88-69(87-65)83-47-13-15-53(55(25-47)121(111,112)113)54-16-14-48(26-56(54)122(114,115)116)84-70-89-67(81-45-7-3-11-51(23-45)119(107,108)93-31-39(61(75)99)19-40(32-93)62(76)100)86-68(90-70)82-46-8-4-12-52(24-46)120(109,110)94-33-41(63(77)101)20-42(34-94)64(78)102;;/h1-16,21-26,35-42H,17-20,27-34H2,(H2,71,95)(H2,72,96)(H2,73,97)(H2,74,98)(H2,75,99)(H2,76,100)(H2,77,101)(H2,78,102)(H,111,112,113)(H,114,115,116)(H3,79,80,83,85,87,88)(H3,81,82,84,86,89,90);;/q;2*+1/p-2. The van der Waals surface area contributed by atoms with Gasteiger partial charge in [0.25, 0.3) is 0 Å². The first-order valence-electron chi connectivity index (χ1n) is 36.3. The molecule has 8 aromatic rings. The Bertz CT molecular complexity index is 5600. The first-order valence-corrected chi connectivity index (χ1v) is 44.9. The van der Waals surface area contributed by atoms with Gasteiger partial charge in [-0.05, 0) is 123 Å². The Morgan fingerprint density at radius 2 is 0.444 bits per heavy atom. The Morgan fingerprint density at radius 3 is 0.605 bits per heavy atom. The number of amides is 8. The Labute approximate surface area is 752 Å². The predicted molar refractivity (Wildman–Crippen MR) is 428 cm³/mol. The summed E-state index contributed by atoms with van der Waals surface area (Å²) in [6, 6.07) is 25.3. The average molecular weight is 1840 g/mol. The SMILES string of the molecule is NC(=O)C1CC(C(N)=O)CN(S(=O)(=O)c2cccc(Nc3nc(Nc4cccc(S(=O)(=O)N5CC(C(N)=O)CC(C(N)=O)C5)c4)nc(Nc4ccc(-c5ccc(Nc6nc(Nc7cccc(S(=O)(=O)N8CC(C(N)=O)CC(C(N)=O)C8)c7)nc(Nc7cccc(S(=O)(=O)N8CC(C(N)=O)CC(C(N)=O)C8)c7)n6)cc5S(=O)(=O)[O-])c(S(=O)(=O)[O-])c4)n3)c2)C1.[Na+].[Na+]. The van der Waals surface area contributed by atoms with Gasteiger partial charge in [-0.25, -0.2) is 50.5 Å². The van der Waals surface area contributed by atoms with Gasteiger partial charge in [0.1, 0.15) is 20.2 Å². The molecule has 0 saturated carbocycles. The molecule has 22 N–H and O–H groups in total. The number of aromatic nitrogens is 6. The number of benzene rings is 6. The van der Waals surface area contributed by atoms with Gasteiger partial charge in [-0.1, -0.05) is 36.4 Å². The summed E-state index contributed by atoms with van der Waals surface area (Å²) in [7, 11) is -29.8. The Hall–Kier alpha value is -10.6. The minimum atomic E-state index is -5.77. The molecule has 4 aliphatic heterocycles. The van der Waals surface area contributed by atoms with Crippen molar-refractivity contribution in [1.29, 1.82) is 0 Å². The van der Waals surface area contributed by atoms with Crippen molar-refractivity contribution in [2.75, 3.05) is 84.3 Å². The number of rotatable bonds is 31. The van der Waals surface area contributed by atoms with Crippen LogP contribution < -0.4 is 137 Å². The van der Waals surface area contributed by atoms with Crippen LogP contribution in [0.25, 0.3) is 11.1 Å². The number of nitrogens with two attached hydrogens (primary N) is 8. The van der Waals surface area contributed by atoms with Crippen LogP contribution in [0, 0.1) is 47.3 Å². The molecule has 646 valence electrons. The van der Waals surface area contributed by atoms with Crippen LogP contribution in [0.2, 0.25) is 0 Å². The van der Waals surface area contributed by atoms with E-state index in [1.54, 1.807) is 0 Å². The minimum Gasteiger partial charge on any atom is -0.744 e. The summed E-state index contributed by atoms with van der Waals surface area (Å²) in [4.78, 5) is 121. The van der Waals surface area contributed by atoms with Gasteiger partial charge in [0.15, 0.2) is 0 Å². The Kier molecular flexibility index (Phi) is 29.3. The monoisotopic (exact) mass is 1840 g/mol. The van der Waals surface area contributed by atoms with Crippen LogP contribution in [-0.2, 0) is 98.7 Å². The molecule has 0 radical (unpaired) electrons. The van der Waals surface area contributed by atoms with Crippen LogP contribution in [0.4, 0.5) is 69.8 Å². The second-order valence-electron chi connectivity index (χ2n) is 28.8. The summed E-state index contributed by atoms with van der Waals surface area (Å²) in [6.45, 7) is -3.28. The van der Waals surface area contributed by atoms with E-state index in [1.165, 1.54) is 72.8 Å². The van der Waals surface area contributed by atoms with E-state index >= 15 is 0 Å². The average Bonchev–Trinajstić information content (AvgIpc) is 0.795. The molecule has 54 heteroatoms. The molecule has 6 heterocycles. The smallest absolute Gasteiger partial charge is 0.744 e. The van der Waals surface area contributed by atoms with Crippen molar-refractivity contribution in [3.63, 3.8) is 0 Å². The number of piperidine rings is 4. The summed E-state index contributed by atoms with van der Waals surface area (Å²) in [6.07, 6.45) is -0.452. The molecule has 4 aliphatic rings. The summed E-state index contributed by atoms with van der Waals surface area (Å²) in [5, 5.41) is 16.7. The number of nitrogens with one attached hydrogen (secondary N) is 6. The van der Waals surface area contributed by atoms with E-state index in [9.17, 15) is 98.0 Å². The molecular weight excluding hydrogens is 1770 g/mol. The number of primary amides is 8. The molecule has 4 fully saturated rings. The van der Waals surface area contributed by atoms with Crippen molar-refractivity contribution in [2.45, 2.75) is 55.1 Å². The van der Waals surface area contributed by atoms with Crippen molar-refractivity contribution in [1.82, 2.24) is 47.1 Å². The molecule has 6 aromatic carbocycles. The van der Waals surface area contributed by atoms with Gasteiger partial charge >= 0.3 is 59.1 Å². The fourth-order valence-electron chi connectivity index (χ4n) is 14.1. The molecule has 12 rings (SSSR count). The maximum absolute atomic E-state index is 14.3. The minimum absolute atomic E-state index is 0. The summed E-state index contributed by atoms with van der Waals surface area (Å²) in [5.41, 5.74) is 42.2. The molecule has 4 saturated heterocycles. The quantitative estimate of drug-likeness (QED) is 0.0142. The number of anilines is 12. The van der Waals surface area contributed by atoms with Gasteiger partial charge in [0.05, 0.1) is 76.7 Å². The number of hydrogen-bond donors (Lipinski definition) is 14. The zero-order valence-corrected chi connectivity index (χ0v) is 74.2. The number of carbonyl (C=O) groups is 8. The van der Waals surface area contributed by atoms with Gasteiger partial charge < -0.3 is 86.9 Å². The van der Waals surface area contributed by atoms with E-state index in [0.29, 0.717) is 12.1 Å². The van der Waals surface area contributed by atoms with Gasteiger partial charge in [0, 0.05) is 97.6 Å². The number of hydrogen-bond acceptors (Lipinski definition) is 34. The van der Waals surface area contributed by atoms with Gasteiger partial charge in [-0.15, -0.1) is 0 Å². The van der Waals surface area contributed by atoms with Crippen LogP contribution in [0.1, 0.15) is 25.7 Å². The second kappa shape index (κ2) is 38.1. The Balaban J connectivity index is 0.00000804. The maximum Gasteiger partial charge on any atom is 1.00 e. The normalized spacial score (nSPS) is 20.1. The van der Waals surface area contributed by atoms with Crippen molar-refractivity contribution in [3.8, 4) is 11.1 Å². The number of carbonyl (C=O) groups excluding carboxylic acids is 8. The second-order valence-corrected chi connectivity index (χ2v) is 39.3. The fraction of sp³-hybridized carbons (Fsp3) is 0.286. The van der Waals surface area contributed by atoms with E-state index in [4.69, 9.17) is 45.9 Å². The van der Waals surface area contributed by atoms with E-state index in [0.717, 1.165) is 65.8 Å². The molecular formula is C70H76N24Na2O22S6. The largest absolute Gasteiger partial charge is 1.00 e. The fourth-order valence-corrected chi connectivity index (χ4v) is 21.9. The molecule has 2 aromatic heterocycles. The third kappa shape index (κ3) is 22.2. The zero-order chi connectivity index (χ0) is 88.6. The molecule has 0 spiro atoms. The van der Waals surface area contributed by atoms with E-state index in [-0.39, 0.29) is 119 Å². The summed E-state index contributed by atoms with van der Waals surface area (Å²) < 4.78 is 199. The van der Waals surface area contributed by atoms with Gasteiger partial charge in [-0.3, -0.25) is 38.4 Å².